The molecule has 0 saturated carbocycles. The number of alkyl carbamates (subject to hydrolysis) is 1. The zero-order chi connectivity index (χ0) is 26.2. The first kappa shape index (κ1) is 28.6. The van der Waals surface area contributed by atoms with Crippen LogP contribution in [0, 0.1) is 5.92 Å². The van der Waals surface area contributed by atoms with Crippen LogP contribution < -0.4 is 10.1 Å². The minimum absolute atomic E-state index is 0.0154. The highest BCUT2D eigenvalue weighted by Gasteiger charge is 2.32. The molecule has 9 heteroatoms. The number of aliphatic hydroxyl groups excluding tert-OH is 1. The third-order valence-electron chi connectivity index (χ3n) is 5.12. The number of sulfonamides is 1. The summed E-state index contributed by atoms with van der Waals surface area (Å²) in [6.07, 6.45) is -1.56. The molecule has 8 nitrogen and oxygen atoms in total. The van der Waals surface area contributed by atoms with Gasteiger partial charge in [0.2, 0.25) is 10.0 Å². The maximum absolute atomic E-state index is 13.5. The van der Waals surface area contributed by atoms with Crippen LogP contribution in [0.25, 0.3) is 0 Å². The van der Waals surface area contributed by atoms with Crippen molar-refractivity contribution in [1.82, 2.24) is 9.62 Å². The van der Waals surface area contributed by atoms with Gasteiger partial charge in [-0.1, -0.05) is 44.2 Å². The molecular formula is C26H38N2O6S. The summed E-state index contributed by atoms with van der Waals surface area (Å²) < 4.78 is 38.7. The second-order valence-corrected chi connectivity index (χ2v) is 11.8. The lowest BCUT2D eigenvalue weighted by Crippen LogP contribution is -2.51. The number of carbonyl (C=O) groups excluding carboxylic acids is 1. The normalized spacial score (nSPS) is 14.0. The van der Waals surface area contributed by atoms with Gasteiger partial charge in [-0.3, -0.25) is 0 Å². The summed E-state index contributed by atoms with van der Waals surface area (Å²) in [6.45, 7) is 9.07. The smallest absolute Gasteiger partial charge is 0.407 e. The van der Waals surface area contributed by atoms with E-state index in [-0.39, 0.29) is 23.9 Å². The van der Waals surface area contributed by atoms with Crippen molar-refractivity contribution in [1.29, 1.82) is 0 Å². The van der Waals surface area contributed by atoms with E-state index in [2.05, 4.69) is 5.32 Å². The zero-order valence-electron chi connectivity index (χ0n) is 21.4. The quantitative estimate of drug-likeness (QED) is 0.480. The molecule has 0 aliphatic carbocycles. The number of methoxy groups -OCH3 is 1. The summed E-state index contributed by atoms with van der Waals surface area (Å²) in [5.41, 5.74) is 0.175. The van der Waals surface area contributed by atoms with Crippen LogP contribution >= 0.6 is 0 Å². The van der Waals surface area contributed by atoms with E-state index in [4.69, 9.17) is 9.47 Å². The van der Waals surface area contributed by atoms with Gasteiger partial charge in [0.05, 0.1) is 24.2 Å². The zero-order valence-corrected chi connectivity index (χ0v) is 22.2. The van der Waals surface area contributed by atoms with Gasteiger partial charge in [-0.25, -0.2) is 13.2 Å². The van der Waals surface area contributed by atoms with Crippen molar-refractivity contribution in [2.45, 2.75) is 63.7 Å². The SMILES string of the molecule is COc1ccc(S(=O)(=O)N(CC(C)C)CC(O)C(Cc2ccccc2)NC(=O)OC(C)(C)C)cc1. The van der Waals surface area contributed by atoms with Crippen molar-refractivity contribution in [2.24, 2.45) is 5.92 Å². The van der Waals surface area contributed by atoms with Crippen LogP contribution in [0.2, 0.25) is 0 Å². The van der Waals surface area contributed by atoms with E-state index in [0.717, 1.165) is 5.56 Å². The third-order valence-corrected chi connectivity index (χ3v) is 6.97. The summed E-state index contributed by atoms with van der Waals surface area (Å²) in [7, 11) is -2.40. The van der Waals surface area contributed by atoms with Gasteiger partial charge in [-0.15, -0.1) is 0 Å². The molecule has 0 spiro atoms. The Labute approximate surface area is 209 Å². The molecule has 35 heavy (non-hydrogen) atoms. The Morgan fingerprint density at radius 1 is 1.03 bits per heavy atom. The fourth-order valence-electron chi connectivity index (χ4n) is 3.52. The monoisotopic (exact) mass is 506 g/mol. The fourth-order valence-corrected chi connectivity index (χ4v) is 5.14. The molecule has 2 N–H and O–H groups in total. The topological polar surface area (TPSA) is 105 Å². The van der Waals surface area contributed by atoms with Crippen molar-refractivity contribution in [3.63, 3.8) is 0 Å². The Balaban J connectivity index is 2.31. The molecule has 2 unspecified atom stereocenters. The van der Waals surface area contributed by atoms with E-state index >= 15 is 0 Å². The number of rotatable bonds is 11. The van der Waals surface area contributed by atoms with E-state index in [9.17, 15) is 18.3 Å². The third kappa shape index (κ3) is 9.16. The number of nitrogens with zero attached hydrogens (tertiary/aromatic N) is 1. The molecule has 0 aromatic heterocycles. The summed E-state index contributed by atoms with van der Waals surface area (Å²) in [5, 5.41) is 13.9. The second-order valence-electron chi connectivity index (χ2n) is 9.90. The number of carbonyl (C=O) groups is 1. The van der Waals surface area contributed by atoms with Gasteiger partial charge in [0.25, 0.3) is 0 Å². The van der Waals surface area contributed by atoms with Crippen molar-refractivity contribution < 1.29 is 27.8 Å². The molecule has 194 valence electrons. The first-order valence-corrected chi connectivity index (χ1v) is 13.1. The molecule has 0 heterocycles. The lowest BCUT2D eigenvalue weighted by molar-refractivity contribution is 0.0400. The molecule has 1 amide bonds. The highest BCUT2D eigenvalue weighted by atomic mass is 32.2. The minimum Gasteiger partial charge on any atom is -0.497 e. The van der Waals surface area contributed by atoms with Crippen LogP contribution in [0.5, 0.6) is 5.75 Å². The molecule has 0 saturated heterocycles. The number of hydrogen-bond donors (Lipinski definition) is 2. The number of hydrogen-bond acceptors (Lipinski definition) is 6. The molecule has 2 aromatic carbocycles. The number of benzene rings is 2. The Bertz CT molecular complexity index is 1030. The summed E-state index contributed by atoms with van der Waals surface area (Å²) in [5.74, 6) is 0.561. The van der Waals surface area contributed by atoms with E-state index in [1.807, 2.05) is 44.2 Å². The van der Waals surface area contributed by atoms with E-state index < -0.39 is 33.9 Å². The molecular weight excluding hydrogens is 468 g/mol. The number of aliphatic hydroxyl groups is 1. The molecule has 2 atom stereocenters. The number of amides is 1. The Morgan fingerprint density at radius 3 is 2.14 bits per heavy atom. The van der Waals surface area contributed by atoms with Gasteiger partial charge in [0.1, 0.15) is 11.4 Å². The van der Waals surface area contributed by atoms with Gasteiger partial charge >= 0.3 is 6.09 Å². The van der Waals surface area contributed by atoms with E-state index in [1.54, 1.807) is 32.9 Å². The van der Waals surface area contributed by atoms with Gasteiger partial charge < -0.3 is 19.9 Å². The summed E-state index contributed by atoms with van der Waals surface area (Å²) >= 11 is 0. The number of nitrogens with one attached hydrogen (secondary N) is 1. The Kier molecular flexibility index (Phi) is 10.1. The molecule has 0 aliphatic heterocycles. The number of ether oxygens (including phenoxy) is 2. The van der Waals surface area contributed by atoms with Gasteiger partial charge in [-0.05, 0) is 62.9 Å². The maximum Gasteiger partial charge on any atom is 0.407 e. The minimum atomic E-state index is -3.91. The molecule has 0 fully saturated rings. The van der Waals surface area contributed by atoms with Crippen LogP contribution in [0.4, 0.5) is 4.79 Å². The fraction of sp³-hybridized carbons (Fsp3) is 0.500. The van der Waals surface area contributed by atoms with E-state index in [1.165, 1.54) is 23.5 Å². The molecule has 2 rings (SSSR count). The predicted molar refractivity (Wildman–Crippen MR) is 136 cm³/mol. The first-order valence-electron chi connectivity index (χ1n) is 11.7. The van der Waals surface area contributed by atoms with Crippen molar-refractivity contribution in [3.8, 4) is 5.75 Å². The largest absolute Gasteiger partial charge is 0.497 e. The highest BCUT2D eigenvalue weighted by Crippen LogP contribution is 2.22. The van der Waals surface area contributed by atoms with Gasteiger partial charge in [0.15, 0.2) is 0 Å². The Morgan fingerprint density at radius 2 is 1.63 bits per heavy atom. The molecule has 2 aromatic rings. The molecule has 0 bridgehead atoms. The van der Waals surface area contributed by atoms with Crippen LogP contribution in [-0.2, 0) is 21.2 Å². The standard InChI is InChI=1S/C26H38N2O6S/c1-19(2)17-28(35(31,32)22-14-12-21(33-6)13-15-22)18-24(29)23(16-20-10-8-7-9-11-20)27-25(30)34-26(3,4)5/h7-15,19,23-24,29H,16-18H2,1-6H3,(H,27,30). The van der Waals surface area contributed by atoms with Crippen molar-refractivity contribution in [3.05, 3.63) is 60.2 Å². The van der Waals surface area contributed by atoms with E-state index in [0.29, 0.717) is 12.2 Å². The summed E-state index contributed by atoms with van der Waals surface area (Å²) in [6, 6.07) is 14.7. The lowest BCUT2D eigenvalue weighted by Gasteiger charge is -2.31. The lowest BCUT2D eigenvalue weighted by atomic mass is 10.0. The highest BCUT2D eigenvalue weighted by molar-refractivity contribution is 7.89. The van der Waals surface area contributed by atoms with Crippen molar-refractivity contribution in [2.75, 3.05) is 20.2 Å². The van der Waals surface area contributed by atoms with Gasteiger partial charge in [0, 0.05) is 13.1 Å². The molecule has 0 aliphatic rings. The Hall–Kier alpha value is -2.62. The maximum atomic E-state index is 13.5. The van der Waals surface area contributed by atoms with Gasteiger partial charge in [-0.2, -0.15) is 4.31 Å². The van der Waals surface area contributed by atoms with Crippen LogP contribution in [0.1, 0.15) is 40.2 Å². The van der Waals surface area contributed by atoms with Crippen LogP contribution in [-0.4, -0.2) is 61.9 Å². The summed E-state index contributed by atoms with van der Waals surface area (Å²) in [4.78, 5) is 12.6. The predicted octanol–water partition coefficient (Wildman–Crippen LogP) is 3.84. The second kappa shape index (κ2) is 12.4. The van der Waals surface area contributed by atoms with Crippen LogP contribution in [0.15, 0.2) is 59.5 Å². The molecule has 0 radical (unpaired) electrons. The van der Waals surface area contributed by atoms with Crippen LogP contribution in [0.3, 0.4) is 0 Å². The average molecular weight is 507 g/mol. The first-order chi connectivity index (χ1) is 16.3. The van der Waals surface area contributed by atoms with Crippen molar-refractivity contribution >= 4 is 16.1 Å². The average Bonchev–Trinajstić information content (AvgIpc) is 2.77.